The van der Waals surface area contributed by atoms with Crippen LogP contribution in [0, 0.1) is 11.3 Å². The molecule has 8 nitrogen and oxygen atoms in total. The van der Waals surface area contributed by atoms with Crippen LogP contribution < -0.4 is 16.2 Å². The number of hydrogen-bond acceptors (Lipinski definition) is 5. The molecule has 0 atom stereocenters. The lowest BCUT2D eigenvalue weighted by Crippen LogP contribution is -2.71. The number of rotatable bonds is 6. The molecular weight excluding hydrogens is 423 g/mol. The molecule has 1 aromatic heterocycles. The number of amides is 1. The normalized spacial score (nSPS) is 15.1. The van der Waals surface area contributed by atoms with E-state index in [4.69, 9.17) is 5.53 Å². The second-order valence-electron chi connectivity index (χ2n) is 8.05. The van der Waals surface area contributed by atoms with Gasteiger partial charge in [-0.1, -0.05) is 0 Å². The van der Waals surface area contributed by atoms with Crippen molar-refractivity contribution in [2.75, 3.05) is 20.1 Å². The number of halogens is 1. The van der Waals surface area contributed by atoms with Crippen LogP contribution in [0.3, 0.4) is 0 Å². The van der Waals surface area contributed by atoms with E-state index in [1.807, 2.05) is 24.1 Å². The Hall–Kier alpha value is -3.69. The molecule has 9 heteroatoms. The fourth-order valence-electron chi connectivity index (χ4n) is 4.02. The molecular formula is C24H26FN6O2+. The van der Waals surface area contributed by atoms with Crippen molar-refractivity contribution in [2.45, 2.75) is 18.9 Å². The first-order valence-electron chi connectivity index (χ1n) is 10.8. The lowest BCUT2D eigenvalue weighted by atomic mass is 10.0. The Bertz CT molecular complexity index is 1260. The van der Waals surface area contributed by atoms with Crippen molar-refractivity contribution in [3.8, 4) is 0 Å². The minimum Gasteiger partial charge on any atom is -0.339 e. The second kappa shape index (κ2) is 9.85. The van der Waals surface area contributed by atoms with Crippen molar-refractivity contribution in [2.24, 2.45) is 5.11 Å². The number of carbonyl (C=O) groups excluding carboxylic acids is 1. The fraction of sp³-hybridized carbons (Fsp3) is 0.250. The van der Waals surface area contributed by atoms with Crippen LogP contribution in [0.25, 0.3) is 16.6 Å². The molecule has 1 fully saturated rings. The number of aromatic amines is 1. The molecule has 0 aliphatic carbocycles. The maximum Gasteiger partial charge on any atom is 0.258 e. The molecule has 0 radical (unpaired) electrons. The fourth-order valence-corrected chi connectivity index (χ4v) is 4.02. The molecule has 33 heavy (non-hydrogen) atoms. The molecule has 2 aromatic carbocycles. The summed E-state index contributed by atoms with van der Waals surface area (Å²) in [5.41, 5.74) is 9.34. The number of hydrogen-bond donors (Lipinski definition) is 4. The van der Waals surface area contributed by atoms with E-state index >= 15 is 0 Å². The molecule has 0 unspecified atom stereocenters. The lowest BCUT2D eigenvalue weighted by molar-refractivity contribution is -0.495. The summed E-state index contributed by atoms with van der Waals surface area (Å²) in [4.78, 5) is 29.8. The summed E-state index contributed by atoms with van der Waals surface area (Å²) in [5.74, 6) is -0.398. The number of nitrogens with zero attached hydrogens (tertiary/aromatic N) is 2. The number of nitrogens with one attached hydrogen (secondary N) is 3. The van der Waals surface area contributed by atoms with Gasteiger partial charge >= 0.3 is 0 Å². The van der Waals surface area contributed by atoms with Gasteiger partial charge in [0.25, 0.3) is 11.5 Å². The Kier molecular flexibility index (Phi) is 6.71. The number of carbonyl (C=O) groups is 1. The van der Waals surface area contributed by atoms with Crippen LogP contribution in [0.1, 0.15) is 28.8 Å². The Morgan fingerprint density at radius 2 is 1.94 bits per heavy atom. The Morgan fingerprint density at radius 3 is 2.61 bits per heavy atom. The Labute approximate surface area is 190 Å². The second-order valence-corrected chi connectivity index (χ2v) is 8.05. The first-order chi connectivity index (χ1) is 16.0. The standard InChI is InChI=1S/C24H25FN6O2/c1-27-18-8-10-31(11-9-18)24(33)15-2-5-19(6-3-15)28-14-22(30-26)20-13-16-12-17(25)4-7-21(16)29-23(20)32/h2-7,12-14,18,26-28H,8-11H2,1H3,(H,29,32)/p+1. The van der Waals surface area contributed by atoms with Gasteiger partial charge in [0.15, 0.2) is 5.70 Å². The molecule has 0 bridgehead atoms. The number of fused-ring (bicyclic) bond motifs is 1. The van der Waals surface area contributed by atoms with E-state index in [1.165, 1.54) is 24.3 Å². The zero-order valence-corrected chi connectivity index (χ0v) is 18.3. The van der Waals surface area contributed by atoms with Crippen LogP contribution in [0.2, 0.25) is 0 Å². The largest absolute Gasteiger partial charge is 0.339 e. The summed E-state index contributed by atoms with van der Waals surface area (Å²) in [6.45, 7) is 1.47. The molecule has 0 spiro atoms. The van der Waals surface area contributed by atoms with Gasteiger partial charge in [-0.25, -0.2) is 9.92 Å². The molecule has 2 heterocycles. The van der Waals surface area contributed by atoms with Gasteiger partial charge in [-0.2, -0.15) is 5.11 Å². The smallest absolute Gasteiger partial charge is 0.258 e. The van der Waals surface area contributed by atoms with E-state index in [1.54, 1.807) is 23.6 Å². The first kappa shape index (κ1) is 22.5. The number of quaternary nitrogens is 1. The third-order valence-corrected chi connectivity index (χ3v) is 5.98. The highest BCUT2D eigenvalue weighted by molar-refractivity contribution is 5.94. The molecule has 170 valence electrons. The van der Waals surface area contributed by atoms with Gasteiger partial charge in [0.1, 0.15) is 17.7 Å². The number of likely N-dealkylation sites (tertiary alicyclic amines) is 1. The highest BCUT2D eigenvalue weighted by Crippen LogP contribution is 2.18. The van der Waals surface area contributed by atoms with Crippen LogP contribution in [0.4, 0.5) is 10.1 Å². The van der Waals surface area contributed by atoms with Crippen LogP contribution in [-0.2, 0) is 0 Å². The van der Waals surface area contributed by atoms with E-state index in [2.05, 4.69) is 15.4 Å². The molecule has 1 aliphatic heterocycles. The van der Waals surface area contributed by atoms with Gasteiger partial charge in [0, 0.05) is 47.7 Å². The van der Waals surface area contributed by atoms with E-state index in [0.717, 1.165) is 31.6 Å². The van der Waals surface area contributed by atoms with Crippen LogP contribution in [-0.4, -0.2) is 42.0 Å². The summed E-state index contributed by atoms with van der Waals surface area (Å²) >= 11 is 0. The summed E-state index contributed by atoms with van der Waals surface area (Å²) in [6, 6.07) is 13.2. The third kappa shape index (κ3) is 5.05. The van der Waals surface area contributed by atoms with Gasteiger partial charge in [0.2, 0.25) is 0 Å². The van der Waals surface area contributed by atoms with Gasteiger partial charge in [-0.15, -0.1) is 0 Å². The summed E-state index contributed by atoms with van der Waals surface area (Å²) in [7, 11) is 1.95. The monoisotopic (exact) mass is 449 g/mol. The summed E-state index contributed by atoms with van der Waals surface area (Å²) in [6.07, 6.45) is 3.44. The first-order valence-corrected chi connectivity index (χ1v) is 10.8. The molecule has 1 aliphatic rings. The van der Waals surface area contributed by atoms with Gasteiger partial charge in [-0.3, -0.25) is 14.9 Å². The van der Waals surface area contributed by atoms with Crippen molar-refractivity contribution in [1.29, 1.82) is 5.53 Å². The Balaban J connectivity index is 1.48. The van der Waals surface area contributed by atoms with Crippen molar-refractivity contribution in [1.82, 2.24) is 15.2 Å². The zero-order valence-electron chi connectivity index (χ0n) is 18.3. The topological polar surface area (TPSA) is 118 Å². The number of H-pyrrole nitrogens is 1. The van der Waals surface area contributed by atoms with Gasteiger partial charge in [-0.05, 0) is 56.3 Å². The average molecular weight is 450 g/mol. The lowest BCUT2D eigenvalue weighted by Gasteiger charge is -2.31. The van der Waals surface area contributed by atoms with Crippen molar-refractivity contribution in [3.05, 3.63) is 82.0 Å². The molecule has 3 aromatic rings. The molecule has 1 saturated heterocycles. The minimum atomic E-state index is -0.415. The average Bonchev–Trinajstić information content (AvgIpc) is 2.85. The number of pyridine rings is 1. The number of aromatic nitrogens is 1. The molecule has 4 rings (SSSR count). The quantitative estimate of drug-likeness (QED) is 0.342. The molecule has 5 N–H and O–H groups in total. The predicted octanol–water partition coefficient (Wildman–Crippen LogP) is 2.72. The van der Waals surface area contributed by atoms with E-state index < -0.39 is 11.4 Å². The van der Waals surface area contributed by atoms with E-state index in [0.29, 0.717) is 22.5 Å². The predicted molar refractivity (Wildman–Crippen MR) is 124 cm³/mol. The molecule has 0 saturated carbocycles. The number of nitrogens with two attached hydrogens (primary N) is 1. The Morgan fingerprint density at radius 1 is 1.21 bits per heavy atom. The zero-order chi connectivity index (χ0) is 23.4. The minimum absolute atomic E-state index is 0.0171. The van der Waals surface area contributed by atoms with Crippen LogP contribution >= 0.6 is 0 Å². The van der Waals surface area contributed by atoms with E-state index in [9.17, 15) is 14.0 Å². The molecule has 1 amide bonds. The maximum absolute atomic E-state index is 13.6. The summed E-state index contributed by atoms with van der Waals surface area (Å²) < 4.78 is 13.6. The van der Waals surface area contributed by atoms with E-state index in [-0.39, 0.29) is 17.2 Å². The van der Waals surface area contributed by atoms with Crippen molar-refractivity contribution < 1.29 is 14.5 Å². The third-order valence-electron chi connectivity index (χ3n) is 5.98. The SMILES string of the molecule is CNC1CCN(C(=O)c2ccc([NH2+]C=C(N=N)c3cc4cc(F)ccc4[nH]c3=O)cc2)CC1. The van der Waals surface area contributed by atoms with Crippen molar-refractivity contribution >= 4 is 28.2 Å². The van der Waals surface area contributed by atoms with Gasteiger partial charge in [0.05, 0.1) is 5.56 Å². The maximum atomic E-state index is 13.6. The summed E-state index contributed by atoms with van der Waals surface area (Å²) in [5, 5.41) is 8.97. The van der Waals surface area contributed by atoms with Crippen molar-refractivity contribution in [3.63, 3.8) is 0 Å². The number of benzene rings is 2. The van der Waals surface area contributed by atoms with Crippen LogP contribution in [0.5, 0.6) is 0 Å². The van der Waals surface area contributed by atoms with Gasteiger partial charge < -0.3 is 15.2 Å². The highest BCUT2D eigenvalue weighted by Gasteiger charge is 2.22. The van der Waals surface area contributed by atoms with Crippen LogP contribution in [0.15, 0.2) is 64.6 Å². The highest BCUT2D eigenvalue weighted by atomic mass is 19.1. The number of piperidine rings is 1.